The molecule has 3 heteroatoms. The predicted molar refractivity (Wildman–Crippen MR) is 70.2 cm³/mol. The van der Waals surface area contributed by atoms with Crippen LogP contribution in [0.3, 0.4) is 0 Å². The number of thioether (sulfide) groups is 1. The van der Waals surface area contributed by atoms with Crippen LogP contribution in [-0.2, 0) is 5.75 Å². The van der Waals surface area contributed by atoms with Crippen LogP contribution < -0.4 is 5.73 Å². The highest BCUT2D eigenvalue weighted by Gasteiger charge is 1.94. The zero-order valence-corrected chi connectivity index (χ0v) is 10.1. The molecule has 0 unspecified atom stereocenters. The molecular weight excluding hydrogens is 218 g/mol. The van der Waals surface area contributed by atoms with Crippen molar-refractivity contribution in [3.63, 3.8) is 0 Å². The van der Waals surface area contributed by atoms with Crippen molar-refractivity contribution in [2.75, 3.05) is 18.9 Å². The molecule has 1 rings (SSSR count). The number of rotatable bonds is 5. The van der Waals surface area contributed by atoms with Crippen LogP contribution in [0, 0.1) is 11.8 Å². The zero-order valence-electron chi connectivity index (χ0n) is 9.28. The normalized spacial score (nSPS) is 9.62. The lowest BCUT2D eigenvalue weighted by atomic mass is 10.1. The van der Waals surface area contributed by atoms with E-state index in [9.17, 15) is 0 Å². The van der Waals surface area contributed by atoms with Crippen LogP contribution in [0.4, 0.5) is 0 Å². The van der Waals surface area contributed by atoms with E-state index < -0.39 is 0 Å². The molecule has 0 saturated carbocycles. The van der Waals surface area contributed by atoms with Gasteiger partial charge in [-0.3, -0.25) is 0 Å². The monoisotopic (exact) mass is 235 g/mol. The van der Waals surface area contributed by atoms with Gasteiger partial charge in [0.05, 0.1) is 6.54 Å². The number of nitrogens with two attached hydrogens (primary N) is 1. The molecule has 16 heavy (non-hydrogen) atoms. The molecule has 1 aromatic rings. The largest absolute Gasteiger partial charge is 0.396 e. The van der Waals surface area contributed by atoms with Gasteiger partial charge in [0.15, 0.2) is 0 Å². The van der Waals surface area contributed by atoms with E-state index in [1.807, 2.05) is 23.9 Å². The molecule has 3 N–H and O–H groups in total. The van der Waals surface area contributed by atoms with Crippen molar-refractivity contribution < 1.29 is 5.11 Å². The molecule has 0 aromatic heterocycles. The Morgan fingerprint density at radius 1 is 1.38 bits per heavy atom. The summed E-state index contributed by atoms with van der Waals surface area (Å²) in [5, 5.41) is 8.66. The number of hydrogen-bond donors (Lipinski definition) is 2. The van der Waals surface area contributed by atoms with E-state index >= 15 is 0 Å². The molecule has 0 saturated heterocycles. The molecule has 86 valence electrons. The topological polar surface area (TPSA) is 46.2 Å². The number of aliphatic hydroxyl groups excluding tert-OH is 1. The predicted octanol–water partition coefficient (Wildman–Crippen LogP) is 1.61. The standard InChI is InChI=1S/C13H17NOS/c14-7-2-6-12-4-1-5-13(10-12)11-16-9-3-8-15/h1,4-5,10,15H,3,7-9,11,14H2. The van der Waals surface area contributed by atoms with E-state index in [1.54, 1.807) is 0 Å². The molecule has 0 fully saturated rings. The quantitative estimate of drug-likeness (QED) is 0.602. The van der Waals surface area contributed by atoms with E-state index in [-0.39, 0.29) is 6.61 Å². The first-order chi connectivity index (χ1) is 7.86. The third-order valence-electron chi connectivity index (χ3n) is 1.98. The van der Waals surface area contributed by atoms with Gasteiger partial charge in [-0.25, -0.2) is 0 Å². The van der Waals surface area contributed by atoms with Gasteiger partial charge in [0.1, 0.15) is 0 Å². The van der Waals surface area contributed by atoms with Gasteiger partial charge < -0.3 is 10.8 Å². The van der Waals surface area contributed by atoms with Gasteiger partial charge in [-0.2, -0.15) is 11.8 Å². The minimum Gasteiger partial charge on any atom is -0.396 e. The smallest absolute Gasteiger partial charge is 0.0555 e. The SMILES string of the molecule is NCC#Cc1cccc(CSCCCO)c1. The van der Waals surface area contributed by atoms with Gasteiger partial charge in [0.25, 0.3) is 0 Å². The van der Waals surface area contributed by atoms with Crippen LogP contribution >= 0.6 is 11.8 Å². The lowest BCUT2D eigenvalue weighted by Gasteiger charge is -2.01. The lowest BCUT2D eigenvalue weighted by Crippen LogP contribution is -1.93. The minimum absolute atomic E-state index is 0.273. The fraction of sp³-hybridized carbons (Fsp3) is 0.385. The van der Waals surface area contributed by atoms with Crippen LogP contribution in [0.2, 0.25) is 0 Å². The Labute approximate surface area is 101 Å². The summed E-state index contributed by atoms with van der Waals surface area (Å²) in [6.07, 6.45) is 0.858. The van der Waals surface area contributed by atoms with Crippen LogP contribution in [0.5, 0.6) is 0 Å². The Hall–Kier alpha value is -0.950. The van der Waals surface area contributed by atoms with E-state index in [0.717, 1.165) is 23.5 Å². The highest BCUT2D eigenvalue weighted by molar-refractivity contribution is 7.98. The maximum absolute atomic E-state index is 8.66. The van der Waals surface area contributed by atoms with Gasteiger partial charge in [-0.05, 0) is 29.9 Å². The van der Waals surface area contributed by atoms with Crippen LogP contribution in [0.15, 0.2) is 24.3 Å². The molecule has 0 spiro atoms. The summed E-state index contributed by atoms with van der Waals surface area (Å²) in [5.41, 5.74) is 7.62. The maximum atomic E-state index is 8.66. The van der Waals surface area contributed by atoms with Crippen molar-refractivity contribution in [1.29, 1.82) is 0 Å². The Bertz CT molecular complexity index is 368. The van der Waals surface area contributed by atoms with Gasteiger partial charge in [0, 0.05) is 17.9 Å². The van der Waals surface area contributed by atoms with Crippen LogP contribution in [0.1, 0.15) is 17.5 Å². The molecule has 2 nitrogen and oxygen atoms in total. The van der Waals surface area contributed by atoms with Crippen molar-refractivity contribution in [3.05, 3.63) is 35.4 Å². The van der Waals surface area contributed by atoms with E-state index in [2.05, 4.69) is 24.0 Å². The summed E-state index contributed by atoms with van der Waals surface area (Å²) < 4.78 is 0. The van der Waals surface area contributed by atoms with Crippen molar-refractivity contribution in [2.24, 2.45) is 5.73 Å². The third kappa shape index (κ3) is 5.22. The Morgan fingerprint density at radius 2 is 2.25 bits per heavy atom. The second-order valence-corrected chi connectivity index (χ2v) is 4.44. The van der Waals surface area contributed by atoms with Crippen LogP contribution in [-0.4, -0.2) is 24.0 Å². The van der Waals surface area contributed by atoms with E-state index in [1.165, 1.54) is 5.56 Å². The molecule has 0 aliphatic rings. The number of hydrogen-bond acceptors (Lipinski definition) is 3. The summed E-state index contributed by atoms with van der Waals surface area (Å²) in [6, 6.07) is 8.20. The fourth-order valence-electron chi connectivity index (χ4n) is 1.25. The molecule has 0 aliphatic carbocycles. The van der Waals surface area contributed by atoms with E-state index in [0.29, 0.717) is 6.54 Å². The average molecular weight is 235 g/mol. The highest BCUT2D eigenvalue weighted by atomic mass is 32.2. The fourth-order valence-corrected chi connectivity index (χ4v) is 2.14. The number of aliphatic hydroxyl groups is 1. The van der Waals surface area contributed by atoms with Gasteiger partial charge in [-0.1, -0.05) is 24.0 Å². The Morgan fingerprint density at radius 3 is 3.00 bits per heavy atom. The average Bonchev–Trinajstić information content (AvgIpc) is 2.33. The number of benzene rings is 1. The Kier molecular flexibility index (Phi) is 6.75. The Balaban J connectivity index is 2.47. The highest BCUT2D eigenvalue weighted by Crippen LogP contribution is 2.14. The van der Waals surface area contributed by atoms with E-state index in [4.69, 9.17) is 10.8 Å². The molecule has 1 aromatic carbocycles. The molecule has 0 atom stereocenters. The summed E-state index contributed by atoms with van der Waals surface area (Å²) in [6.45, 7) is 0.671. The molecule has 0 amide bonds. The van der Waals surface area contributed by atoms with Crippen molar-refractivity contribution >= 4 is 11.8 Å². The molecule has 0 bridgehead atoms. The van der Waals surface area contributed by atoms with Gasteiger partial charge >= 0.3 is 0 Å². The first-order valence-corrected chi connectivity index (χ1v) is 6.49. The zero-order chi connectivity index (χ0) is 11.6. The van der Waals surface area contributed by atoms with Crippen molar-refractivity contribution in [2.45, 2.75) is 12.2 Å². The summed E-state index contributed by atoms with van der Waals surface area (Å²) in [5.74, 6) is 7.83. The van der Waals surface area contributed by atoms with Gasteiger partial charge in [0.2, 0.25) is 0 Å². The molecule has 0 heterocycles. The maximum Gasteiger partial charge on any atom is 0.0555 e. The molecule has 0 aliphatic heterocycles. The summed E-state index contributed by atoms with van der Waals surface area (Å²) in [7, 11) is 0. The molecule has 0 radical (unpaired) electrons. The van der Waals surface area contributed by atoms with Gasteiger partial charge in [-0.15, -0.1) is 0 Å². The van der Waals surface area contributed by atoms with Crippen molar-refractivity contribution in [3.8, 4) is 11.8 Å². The molecular formula is C13H17NOS. The third-order valence-corrected chi connectivity index (χ3v) is 3.09. The van der Waals surface area contributed by atoms with Crippen LogP contribution in [0.25, 0.3) is 0 Å². The van der Waals surface area contributed by atoms with Crippen molar-refractivity contribution in [1.82, 2.24) is 0 Å². The first kappa shape index (κ1) is 13.1. The first-order valence-electron chi connectivity index (χ1n) is 5.33. The lowest BCUT2D eigenvalue weighted by molar-refractivity contribution is 0.296. The summed E-state index contributed by atoms with van der Waals surface area (Å²) >= 11 is 1.83. The minimum atomic E-state index is 0.273. The second kappa shape index (κ2) is 8.23. The second-order valence-electron chi connectivity index (χ2n) is 3.34. The summed E-state index contributed by atoms with van der Waals surface area (Å²) in [4.78, 5) is 0.